The van der Waals surface area contributed by atoms with Crippen LogP contribution in [0.15, 0.2) is 59.5 Å². The molecule has 2 aromatic carbocycles. The number of ether oxygens (including phenoxy) is 1. The molecule has 0 aliphatic carbocycles. The van der Waals surface area contributed by atoms with E-state index in [0.717, 1.165) is 19.2 Å². The first-order valence-corrected chi connectivity index (χ1v) is 13.1. The summed E-state index contributed by atoms with van der Waals surface area (Å²) in [5, 5.41) is 0. The summed E-state index contributed by atoms with van der Waals surface area (Å²) in [4.78, 5) is 17.3. The highest BCUT2D eigenvalue weighted by Crippen LogP contribution is 2.37. The fourth-order valence-corrected chi connectivity index (χ4v) is 6.32. The molecule has 1 atom stereocenters. The maximum atomic E-state index is 13.8. The molecule has 7 nitrogen and oxygen atoms in total. The number of piperidine rings is 1. The molecular formula is C25H32FN3O4S. The van der Waals surface area contributed by atoms with Crippen LogP contribution in [0.3, 0.4) is 0 Å². The van der Waals surface area contributed by atoms with Crippen LogP contribution < -0.4 is 4.74 Å². The van der Waals surface area contributed by atoms with Crippen molar-refractivity contribution in [1.29, 1.82) is 0 Å². The van der Waals surface area contributed by atoms with Gasteiger partial charge in [0.15, 0.2) is 0 Å². The third kappa shape index (κ3) is 5.76. The molecule has 0 unspecified atom stereocenters. The van der Waals surface area contributed by atoms with Crippen molar-refractivity contribution in [2.24, 2.45) is 5.41 Å². The maximum absolute atomic E-state index is 13.8. The van der Waals surface area contributed by atoms with E-state index in [2.05, 4.69) is 4.90 Å². The molecule has 2 aromatic rings. The van der Waals surface area contributed by atoms with E-state index >= 15 is 0 Å². The van der Waals surface area contributed by atoms with Gasteiger partial charge < -0.3 is 14.5 Å². The van der Waals surface area contributed by atoms with Crippen LogP contribution in [0.2, 0.25) is 0 Å². The second-order valence-electron chi connectivity index (χ2n) is 9.36. The molecular weight excluding hydrogens is 457 g/mol. The predicted molar refractivity (Wildman–Crippen MR) is 127 cm³/mol. The fraction of sp³-hybridized carbons (Fsp3) is 0.480. The average molecular weight is 490 g/mol. The Morgan fingerprint density at radius 2 is 1.76 bits per heavy atom. The highest BCUT2D eigenvalue weighted by Gasteiger charge is 2.43. The molecule has 2 fully saturated rings. The quantitative estimate of drug-likeness (QED) is 0.598. The predicted octanol–water partition coefficient (Wildman–Crippen LogP) is 2.84. The van der Waals surface area contributed by atoms with Crippen LogP contribution in [0.25, 0.3) is 0 Å². The van der Waals surface area contributed by atoms with E-state index < -0.39 is 21.3 Å². The van der Waals surface area contributed by atoms with Crippen LogP contribution in [-0.4, -0.2) is 81.4 Å². The number of likely N-dealkylation sites (N-methyl/N-ethyl adjacent to an activating group) is 1. The van der Waals surface area contributed by atoms with Crippen molar-refractivity contribution in [1.82, 2.24) is 14.1 Å². The lowest BCUT2D eigenvalue weighted by Gasteiger charge is -2.43. The van der Waals surface area contributed by atoms with E-state index in [1.54, 1.807) is 0 Å². The Morgan fingerprint density at radius 1 is 1.03 bits per heavy atom. The fourth-order valence-electron chi connectivity index (χ4n) is 4.70. The topological polar surface area (TPSA) is 70.2 Å². The van der Waals surface area contributed by atoms with E-state index in [1.807, 2.05) is 42.3 Å². The molecule has 2 saturated heterocycles. The van der Waals surface area contributed by atoms with E-state index in [4.69, 9.17) is 4.74 Å². The average Bonchev–Trinajstić information content (AvgIpc) is 2.84. The number of halogens is 1. The molecule has 2 aliphatic heterocycles. The van der Waals surface area contributed by atoms with Gasteiger partial charge in [-0.2, -0.15) is 4.31 Å². The number of rotatable bonds is 7. The second-order valence-corrected chi connectivity index (χ2v) is 11.3. The molecule has 184 valence electrons. The first kappa shape index (κ1) is 24.6. The van der Waals surface area contributed by atoms with Crippen molar-refractivity contribution in [2.75, 3.05) is 52.9 Å². The number of hydrogen-bond donors (Lipinski definition) is 0. The summed E-state index contributed by atoms with van der Waals surface area (Å²) < 4.78 is 47.9. The first-order chi connectivity index (χ1) is 16.3. The molecule has 0 N–H and O–H groups in total. The zero-order valence-electron chi connectivity index (χ0n) is 19.5. The molecule has 1 amide bonds. The van der Waals surface area contributed by atoms with Gasteiger partial charge in [-0.15, -0.1) is 0 Å². The Labute approximate surface area is 201 Å². The monoisotopic (exact) mass is 489 g/mol. The third-order valence-electron chi connectivity index (χ3n) is 6.73. The SMILES string of the molecule is CN1CCN(C(=O)C[C@]2(COc3ccccc3)CCCN(S(=O)(=O)c3cccc(F)c3)C2)CC1. The molecule has 0 saturated carbocycles. The van der Waals surface area contributed by atoms with Crippen LogP contribution in [0.1, 0.15) is 19.3 Å². The normalized spacial score (nSPS) is 22.5. The molecule has 34 heavy (non-hydrogen) atoms. The first-order valence-electron chi connectivity index (χ1n) is 11.7. The number of hydrogen-bond acceptors (Lipinski definition) is 5. The summed E-state index contributed by atoms with van der Waals surface area (Å²) in [5.41, 5.74) is -0.672. The van der Waals surface area contributed by atoms with Crippen LogP contribution in [0, 0.1) is 11.2 Å². The largest absolute Gasteiger partial charge is 0.493 e. The molecule has 2 aliphatic rings. The zero-order valence-corrected chi connectivity index (χ0v) is 20.3. The summed E-state index contributed by atoms with van der Waals surface area (Å²) in [6.07, 6.45) is 1.48. The van der Waals surface area contributed by atoms with Crippen molar-refractivity contribution in [3.63, 3.8) is 0 Å². The van der Waals surface area contributed by atoms with Gasteiger partial charge in [0.1, 0.15) is 11.6 Å². The van der Waals surface area contributed by atoms with Gasteiger partial charge in [0.05, 0.1) is 11.5 Å². The summed E-state index contributed by atoms with van der Waals surface area (Å²) in [5.74, 6) is 0.107. The standard InChI is InChI=1S/C25H32FN3O4S/c1-27-13-15-28(16-14-27)24(30)18-25(20-33-22-8-3-2-4-9-22)11-6-12-29(19-25)34(31,32)23-10-5-7-21(26)17-23/h2-5,7-10,17H,6,11-16,18-20H2,1H3/t25-/m1/s1. The molecule has 2 heterocycles. The van der Waals surface area contributed by atoms with Gasteiger partial charge in [0.25, 0.3) is 0 Å². The zero-order chi connectivity index (χ0) is 24.2. The minimum absolute atomic E-state index is 0.0229. The molecule has 9 heteroatoms. The highest BCUT2D eigenvalue weighted by atomic mass is 32.2. The summed E-state index contributed by atoms with van der Waals surface area (Å²) in [6.45, 7) is 3.67. The van der Waals surface area contributed by atoms with Crippen molar-refractivity contribution >= 4 is 15.9 Å². The molecule has 4 rings (SSSR count). The summed E-state index contributed by atoms with van der Waals surface area (Å²) >= 11 is 0. The van der Waals surface area contributed by atoms with Crippen molar-refractivity contribution < 1.29 is 22.3 Å². The van der Waals surface area contributed by atoms with Gasteiger partial charge in [-0.1, -0.05) is 24.3 Å². The number of sulfonamides is 1. The van der Waals surface area contributed by atoms with E-state index in [9.17, 15) is 17.6 Å². The summed E-state index contributed by atoms with van der Waals surface area (Å²) in [6, 6.07) is 14.4. The van der Waals surface area contributed by atoms with Gasteiger partial charge in [0.2, 0.25) is 15.9 Å². The van der Waals surface area contributed by atoms with Crippen molar-refractivity contribution in [3.05, 3.63) is 60.4 Å². The number of amides is 1. The molecule has 0 bridgehead atoms. The van der Waals surface area contributed by atoms with Gasteiger partial charge in [-0.25, -0.2) is 12.8 Å². The molecule has 0 radical (unpaired) electrons. The van der Waals surface area contributed by atoms with Gasteiger partial charge >= 0.3 is 0 Å². The minimum Gasteiger partial charge on any atom is -0.493 e. The van der Waals surface area contributed by atoms with E-state index in [1.165, 1.54) is 22.5 Å². The van der Waals surface area contributed by atoms with Crippen LogP contribution >= 0.6 is 0 Å². The highest BCUT2D eigenvalue weighted by molar-refractivity contribution is 7.89. The van der Waals surface area contributed by atoms with E-state index in [0.29, 0.717) is 38.2 Å². The number of piperazine rings is 1. The Kier molecular flexibility index (Phi) is 7.54. The van der Waals surface area contributed by atoms with Crippen LogP contribution in [-0.2, 0) is 14.8 Å². The Hall–Kier alpha value is -2.49. The Morgan fingerprint density at radius 3 is 2.47 bits per heavy atom. The molecule has 0 spiro atoms. The van der Waals surface area contributed by atoms with Crippen molar-refractivity contribution in [3.8, 4) is 5.75 Å². The second kappa shape index (κ2) is 10.4. The molecule has 0 aromatic heterocycles. The third-order valence-corrected chi connectivity index (χ3v) is 8.57. The number of carbonyl (C=O) groups is 1. The van der Waals surface area contributed by atoms with Gasteiger partial charge in [-0.05, 0) is 50.2 Å². The Balaban J connectivity index is 1.56. The number of benzene rings is 2. The van der Waals surface area contributed by atoms with Crippen LogP contribution in [0.5, 0.6) is 5.75 Å². The number of carbonyl (C=O) groups excluding carboxylic acids is 1. The maximum Gasteiger partial charge on any atom is 0.243 e. The van der Waals surface area contributed by atoms with Gasteiger partial charge in [-0.3, -0.25) is 4.79 Å². The van der Waals surface area contributed by atoms with Gasteiger partial charge in [0, 0.05) is 51.1 Å². The lowest BCUT2D eigenvalue weighted by atomic mass is 9.78. The summed E-state index contributed by atoms with van der Waals surface area (Å²) in [7, 11) is -1.87. The lowest BCUT2D eigenvalue weighted by molar-refractivity contribution is -0.136. The smallest absolute Gasteiger partial charge is 0.243 e. The van der Waals surface area contributed by atoms with Crippen LogP contribution in [0.4, 0.5) is 4.39 Å². The number of nitrogens with zero attached hydrogens (tertiary/aromatic N) is 3. The van der Waals surface area contributed by atoms with E-state index in [-0.39, 0.29) is 30.4 Å². The Bertz CT molecular complexity index is 1090. The minimum atomic E-state index is -3.90. The lowest BCUT2D eigenvalue weighted by Crippen LogP contribution is -2.53. The number of para-hydroxylation sites is 1. The van der Waals surface area contributed by atoms with Crippen molar-refractivity contribution in [2.45, 2.75) is 24.2 Å².